The number of sulfonamides is 1. The Morgan fingerprint density at radius 2 is 1.83 bits per heavy atom. The molecule has 2 saturated carbocycles. The molecule has 2 aromatic carbocycles. The number of nitrogens with zero attached hydrogens (tertiary/aromatic N) is 1. The molecule has 7 heteroatoms. The second-order valence-electron chi connectivity index (χ2n) is 8.18. The number of anilines is 1. The number of nitrogens with one attached hydrogen (secondary N) is 1. The molecule has 3 atom stereocenters. The van der Waals surface area contributed by atoms with Crippen LogP contribution in [0.1, 0.15) is 41.6 Å². The topological polar surface area (TPSA) is 66.5 Å². The van der Waals surface area contributed by atoms with Gasteiger partial charge in [0.25, 0.3) is 15.9 Å². The van der Waals surface area contributed by atoms with Crippen LogP contribution in [0.2, 0.25) is 5.02 Å². The largest absolute Gasteiger partial charge is 0.349 e. The minimum absolute atomic E-state index is 0.138. The third-order valence-electron chi connectivity index (χ3n) is 6.34. The van der Waals surface area contributed by atoms with Crippen molar-refractivity contribution in [2.75, 3.05) is 11.4 Å². The summed E-state index contributed by atoms with van der Waals surface area (Å²) in [4.78, 5) is 13.0. The van der Waals surface area contributed by atoms with E-state index in [1.807, 2.05) is 6.92 Å². The quantitative estimate of drug-likeness (QED) is 0.761. The van der Waals surface area contributed by atoms with Gasteiger partial charge in [0.05, 0.1) is 10.6 Å². The average Bonchev–Trinajstić information content (AvgIpc) is 3.31. The van der Waals surface area contributed by atoms with Crippen molar-refractivity contribution in [1.82, 2.24) is 5.32 Å². The van der Waals surface area contributed by atoms with Gasteiger partial charge in [-0.1, -0.05) is 24.1 Å². The molecule has 0 unspecified atom stereocenters. The van der Waals surface area contributed by atoms with Gasteiger partial charge in [-0.3, -0.25) is 9.10 Å². The fraction of sp³-hybridized carbons (Fsp3) is 0.409. The van der Waals surface area contributed by atoms with Gasteiger partial charge in [-0.05, 0) is 80.0 Å². The molecule has 0 spiro atoms. The number of carbonyl (C=O) groups is 1. The lowest BCUT2D eigenvalue weighted by Gasteiger charge is -2.24. The molecule has 2 bridgehead atoms. The minimum atomic E-state index is -3.76. The van der Waals surface area contributed by atoms with E-state index in [1.165, 1.54) is 42.7 Å². The molecule has 2 aromatic rings. The second kappa shape index (κ2) is 7.65. The van der Waals surface area contributed by atoms with Gasteiger partial charge in [-0.15, -0.1) is 0 Å². The summed E-state index contributed by atoms with van der Waals surface area (Å²) >= 11 is 5.88. The molecule has 0 heterocycles. The third-order valence-corrected chi connectivity index (χ3v) is 8.37. The van der Waals surface area contributed by atoms with E-state index in [0.29, 0.717) is 22.2 Å². The Kier molecular flexibility index (Phi) is 5.34. The highest BCUT2D eigenvalue weighted by molar-refractivity contribution is 7.92. The zero-order valence-electron chi connectivity index (χ0n) is 16.6. The van der Waals surface area contributed by atoms with Crippen molar-refractivity contribution in [2.24, 2.45) is 11.8 Å². The van der Waals surface area contributed by atoms with E-state index in [-0.39, 0.29) is 16.8 Å². The van der Waals surface area contributed by atoms with Gasteiger partial charge in [0.2, 0.25) is 0 Å². The fourth-order valence-electron chi connectivity index (χ4n) is 4.66. The van der Waals surface area contributed by atoms with E-state index < -0.39 is 10.0 Å². The Hall–Kier alpha value is -2.05. The van der Waals surface area contributed by atoms with Crippen LogP contribution in [-0.2, 0) is 10.0 Å². The van der Waals surface area contributed by atoms with E-state index in [1.54, 1.807) is 30.3 Å². The Labute approximate surface area is 177 Å². The van der Waals surface area contributed by atoms with Gasteiger partial charge in [-0.2, -0.15) is 0 Å². The molecule has 0 radical (unpaired) electrons. The van der Waals surface area contributed by atoms with E-state index in [2.05, 4.69) is 5.32 Å². The summed E-state index contributed by atoms with van der Waals surface area (Å²) in [5, 5.41) is 3.64. The zero-order chi connectivity index (χ0) is 20.8. The van der Waals surface area contributed by atoms with Gasteiger partial charge < -0.3 is 5.32 Å². The van der Waals surface area contributed by atoms with Gasteiger partial charge >= 0.3 is 0 Å². The SMILES string of the molecule is Cc1ccc(C(=O)N[C@@H]2C[C@H]3CC[C@H]2C3)cc1N(C)S(=O)(=O)c1ccc(Cl)cc1. The lowest BCUT2D eigenvalue weighted by atomic mass is 9.95. The third kappa shape index (κ3) is 3.88. The summed E-state index contributed by atoms with van der Waals surface area (Å²) in [6.45, 7) is 1.83. The van der Waals surface area contributed by atoms with E-state index in [9.17, 15) is 13.2 Å². The van der Waals surface area contributed by atoms with Crippen molar-refractivity contribution in [3.05, 3.63) is 58.6 Å². The first kappa shape index (κ1) is 20.2. The number of fused-ring (bicyclic) bond motifs is 2. The minimum Gasteiger partial charge on any atom is -0.349 e. The molecule has 0 aromatic heterocycles. The molecule has 4 rings (SSSR count). The zero-order valence-corrected chi connectivity index (χ0v) is 18.1. The molecule has 1 N–H and O–H groups in total. The Bertz CT molecular complexity index is 1040. The highest BCUT2D eigenvalue weighted by atomic mass is 35.5. The van der Waals surface area contributed by atoms with Crippen molar-refractivity contribution in [3.8, 4) is 0 Å². The van der Waals surface area contributed by atoms with Crippen molar-refractivity contribution < 1.29 is 13.2 Å². The first-order chi connectivity index (χ1) is 13.8. The Balaban J connectivity index is 1.57. The van der Waals surface area contributed by atoms with Crippen LogP contribution in [0.5, 0.6) is 0 Å². The summed E-state index contributed by atoms with van der Waals surface area (Å²) in [5.41, 5.74) is 1.74. The van der Waals surface area contributed by atoms with Crippen molar-refractivity contribution in [1.29, 1.82) is 0 Å². The first-order valence-electron chi connectivity index (χ1n) is 9.91. The monoisotopic (exact) mass is 432 g/mol. The molecule has 0 saturated heterocycles. The number of carbonyl (C=O) groups excluding carboxylic acids is 1. The molecular weight excluding hydrogens is 408 g/mol. The van der Waals surface area contributed by atoms with Crippen LogP contribution in [0.15, 0.2) is 47.4 Å². The lowest BCUT2D eigenvalue weighted by molar-refractivity contribution is 0.0923. The summed E-state index contributed by atoms with van der Waals surface area (Å²) in [6, 6.07) is 11.5. The first-order valence-corrected chi connectivity index (χ1v) is 11.7. The molecule has 29 heavy (non-hydrogen) atoms. The summed E-state index contributed by atoms with van der Waals surface area (Å²) in [7, 11) is -2.26. The van der Waals surface area contributed by atoms with E-state index >= 15 is 0 Å². The van der Waals surface area contributed by atoms with Gasteiger partial charge in [-0.25, -0.2) is 8.42 Å². The molecular formula is C22H25ClN2O3S. The van der Waals surface area contributed by atoms with E-state index in [0.717, 1.165) is 17.9 Å². The smallest absolute Gasteiger partial charge is 0.264 e. The number of aryl methyl sites for hydroxylation is 1. The van der Waals surface area contributed by atoms with Crippen LogP contribution in [0.4, 0.5) is 5.69 Å². The average molecular weight is 433 g/mol. The summed E-state index contributed by atoms with van der Waals surface area (Å²) in [5.74, 6) is 1.19. The maximum atomic E-state index is 13.0. The number of halogens is 1. The lowest BCUT2D eigenvalue weighted by Crippen LogP contribution is -2.38. The maximum Gasteiger partial charge on any atom is 0.264 e. The summed E-state index contributed by atoms with van der Waals surface area (Å²) < 4.78 is 27.3. The van der Waals surface area contributed by atoms with Crippen LogP contribution in [0, 0.1) is 18.8 Å². The van der Waals surface area contributed by atoms with Crippen LogP contribution >= 0.6 is 11.6 Å². The number of amides is 1. The number of hydrogen-bond donors (Lipinski definition) is 1. The normalized spacial score (nSPS) is 23.2. The standard InChI is InChI=1S/C22H25ClN2O3S/c1-14-3-5-17(22(26)24-20-12-15-4-6-16(20)11-15)13-21(14)25(2)29(27,28)19-9-7-18(23)8-10-19/h3,5,7-10,13,15-16,20H,4,6,11-12H2,1-2H3,(H,24,26)/t15-,16-,20+/m0/s1. The molecule has 2 aliphatic rings. The molecule has 154 valence electrons. The predicted octanol–water partition coefficient (Wildman–Crippen LogP) is 4.39. The highest BCUT2D eigenvalue weighted by Gasteiger charge is 2.40. The number of hydrogen-bond acceptors (Lipinski definition) is 3. The predicted molar refractivity (Wildman–Crippen MR) is 115 cm³/mol. The fourth-order valence-corrected chi connectivity index (χ4v) is 6.04. The van der Waals surface area contributed by atoms with Crippen LogP contribution < -0.4 is 9.62 Å². The van der Waals surface area contributed by atoms with Crippen LogP contribution in [0.3, 0.4) is 0 Å². The van der Waals surface area contributed by atoms with Crippen LogP contribution in [0.25, 0.3) is 0 Å². The molecule has 0 aliphatic heterocycles. The maximum absolute atomic E-state index is 13.0. The molecule has 1 amide bonds. The van der Waals surface area contributed by atoms with Gasteiger partial charge in [0.15, 0.2) is 0 Å². The van der Waals surface area contributed by atoms with Gasteiger partial charge in [0.1, 0.15) is 0 Å². The number of rotatable bonds is 5. The highest BCUT2D eigenvalue weighted by Crippen LogP contribution is 2.44. The Morgan fingerprint density at radius 1 is 1.10 bits per heavy atom. The second-order valence-corrected chi connectivity index (χ2v) is 10.6. The van der Waals surface area contributed by atoms with Crippen molar-refractivity contribution >= 4 is 33.2 Å². The van der Waals surface area contributed by atoms with Crippen molar-refractivity contribution in [3.63, 3.8) is 0 Å². The number of benzene rings is 2. The van der Waals surface area contributed by atoms with E-state index in [4.69, 9.17) is 11.6 Å². The molecule has 5 nitrogen and oxygen atoms in total. The molecule has 2 fully saturated rings. The Morgan fingerprint density at radius 3 is 2.45 bits per heavy atom. The van der Waals surface area contributed by atoms with Crippen molar-refractivity contribution in [2.45, 2.75) is 43.5 Å². The molecule has 2 aliphatic carbocycles. The van der Waals surface area contributed by atoms with Crippen LogP contribution in [-0.4, -0.2) is 27.4 Å². The van der Waals surface area contributed by atoms with Gasteiger partial charge in [0, 0.05) is 23.7 Å². The summed E-state index contributed by atoms with van der Waals surface area (Å²) in [6.07, 6.45) is 4.74.